The molecule has 0 saturated carbocycles. The Kier molecular flexibility index (Phi) is 8.05. The van der Waals surface area contributed by atoms with Crippen LogP contribution in [0.25, 0.3) is 0 Å². The van der Waals surface area contributed by atoms with E-state index in [1.807, 2.05) is 29.2 Å². The third-order valence-electron chi connectivity index (χ3n) is 7.82. The number of halogens is 1. The molecule has 2 atom stereocenters. The van der Waals surface area contributed by atoms with Gasteiger partial charge in [-0.15, -0.1) is 0 Å². The second-order valence-electron chi connectivity index (χ2n) is 10.3. The number of carboxylic acids is 1. The molecule has 39 heavy (non-hydrogen) atoms. The maximum Gasteiger partial charge on any atom is 0.339 e. The molecule has 0 bridgehead atoms. The maximum atomic E-state index is 13.5. The molecule has 1 aromatic heterocycles. The van der Waals surface area contributed by atoms with E-state index >= 15 is 0 Å². The summed E-state index contributed by atoms with van der Waals surface area (Å²) in [5, 5.41) is 9.71. The van der Waals surface area contributed by atoms with Crippen molar-refractivity contribution in [1.82, 2.24) is 14.9 Å². The quantitative estimate of drug-likeness (QED) is 0.465. The van der Waals surface area contributed by atoms with Gasteiger partial charge < -0.3 is 19.6 Å². The Morgan fingerprint density at radius 1 is 1.08 bits per heavy atom. The molecule has 2 aromatic carbocycles. The summed E-state index contributed by atoms with van der Waals surface area (Å²) in [5.41, 5.74) is 2.30. The average molecular weight is 533 g/mol. The lowest BCUT2D eigenvalue weighted by molar-refractivity contribution is -0.132. The van der Waals surface area contributed by atoms with Crippen molar-refractivity contribution in [1.29, 1.82) is 0 Å². The summed E-state index contributed by atoms with van der Waals surface area (Å²) in [7, 11) is 1.61. The van der Waals surface area contributed by atoms with Crippen LogP contribution >= 0.6 is 0 Å². The highest BCUT2D eigenvalue weighted by molar-refractivity contribution is 5.88. The number of hydrogen-bond donors (Lipinski definition) is 1. The normalized spacial score (nSPS) is 18.9. The van der Waals surface area contributed by atoms with E-state index in [0.29, 0.717) is 55.8 Å². The number of para-hydroxylation sites is 1. The second kappa shape index (κ2) is 11.8. The molecule has 3 aromatic rings. The van der Waals surface area contributed by atoms with E-state index in [-0.39, 0.29) is 29.8 Å². The molecule has 204 valence electrons. The zero-order valence-electron chi connectivity index (χ0n) is 22.1. The maximum absolute atomic E-state index is 13.5. The molecule has 0 spiro atoms. The van der Waals surface area contributed by atoms with Crippen molar-refractivity contribution in [2.45, 2.75) is 44.6 Å². The van der Waals surface area contributed by atoms with Gasteiger partial charge in [-0.25, -0.2) is 19.2 Å². The van der Waals surface area contributed by atoms with Gasteiger partial charge in [0.2, 0.25) is 11.9 Å². The third-order valence-corrected chi connectivity index (χ3v) is 7.82. The number of fused-ring (bicyclic) bond motifs is 1. The standard InChI is InChI=1S/C30H33FN4O4/c1-39-27-8-3-2-6-21(27)16-28(36)35-15-5-4-7-22-18-34(19-26(22)35)30-32-17-24(29(37)38)25(33-30)14-11-20-9-12-23(31)13-10-20/h2-3,6,8-10,12-13,17,22,26H,4-5,7,11,14-16,18-19H2,1H3,(H,37,38)/t22-,26-/m1/s1. The van der Waals surface area contributed by atoms with Crippen molar-refractivity contribution >= 4 is 17.8 Å². The molecule has 2 fully saturated rings. The first-order valence-corrected chi connectivity index (χ1v) is 13.4. The Morgan fingerprint density at radius 3 is 2.64 bits per heavy atom. The first-order valence-electron chi connectivity index (χ1n) is 13.4. The molecule has 1 N–H and O–H groups in total. The van der Waals surface area contributed by atoms with Gasteiger partial charge in [-0.1, -0.05) is 36.8 Å². The number of nitrogens with zero attached hydrogens (tertiary/aromatic N) is 4. The molecule has 0 unspecified atom stereocenters. The van der Waals surface area contributed by atoms with Crippen molar-refractivity contribution in [3.05, 3.63) is 82.9 Å². The minimum Gasteiger partial charge on any atom is -0.496 e. The van der Waals surface area contributed by atoms with Crippen LogP contribution in [0.2, 0.25) is 0 Å². The smallest absolute Gasteiger partial charge is 0.339 e. The fourth-order valence-corrected chi connectivity index (χ4v) is 5.77. The molecular formula is C30H33FN4O4. The minimum atomic E-state index is -1.07. The van der Waals surface area contributed by atoms with Crippen LogP contribution in [0.4, 0.5) is 10.3 Å². The van der Waals surface area contributed by atoms with Crippen LogP contribution in [0, 0.1) is 11.7 Å². The van der Waals surface area contributed by atoms with Gasteiger partial charge in [0.1, 0.15) is 11.6 Å². The van der Waals surface area contributed by atoms with Gasteiger partial charge in [-0.2, -0.15) is 0 Å². The van der Waals surface area contributed by atoms with E-state index < -0.39 is 5.97 Å². The van der Waals surface area contributed by atoms with Crippen LogP contribution in [-0.4, -0.2) is 64.6 Å². The first-order chi connectivity index (χ1) is 18.9. The number of carboxylic acid groups (broad SMARTS) is 1. The van der Waals surface area contributed by atoms with Crippen LogP contribution in [0.1, 0.15) is 46.4 Å². The lowest BCUT2D eigenvalue weighted by Gasteiger charge is -2.30. The van der Waals surface area contributed by atoms with Gasteiger partial charge in [-0.3, -0.25) is 4.79 Å². The second-order valence-corrected chi connectivity index (χ2v) is 10.3. The lowest BCUT2D eigenvalue weighted by atomic mass is 9.98. The largest absolute Gasteiger partial charge is 0.496 e. The van der Waals surface area contributed by atoms with Gasteiger partial charge in [-0.05, 0) is 55.4 Å². The highest BCUT2D eigenvalue weighted by Gasteiger charge is 2.40. The van der Waals surface area contributed by atoms with Crippen LogP contribution in [0.5, 0.6) is 5.75 Å². The number of benzene rings is 2. The van der Waals surface area contributed by atoms with Gasteiger partial charge in [0.15, 0.2) is 0 Å². The predicted molar refractivity (Wildman–Crippen MR) is 145 cm³/mol. The van der Waals surface area contributed by atoms with Crippen molar-refractivity contribution in [3.63, 3.8) is 0 Å². The number of methoxy groups -OCH3 is 1. The predicted octanol–water partition coefficient (Wildman–Crippen LogP) is 4.17. The Bertz CT molecular complexity index is 1330. The molecule has 2 saturated heterocycles. The summed E-state index contributed by atoms with van der Waals surface area (Å²) in [6.07, 6.45) is 5.63. The molecule has 2 aliphatic heterocycles. The summed E-state index contributed by atoms with van der Waals surface area (Å²) in [6.45, 7) is 2.03. The third kappa shape index (κ3) is 6.02. The van der Waals surface area contributed by atoms with E-state index in [1.165, 1.54) is 18.3 Å². The molecule has 2 aliphatic rings. The van der Waals surface area contributed by atoms with Crippen LogP contribution in [0.15, 0.2) is 54.7 Å². The summed E-state index contributed by atoms with van der Waals surface area (Å²) in [5.74, 6) is 0.191. The van der Waals surface area contributed by atoms with Gasteiger partial charge in [0.25, 0.3) is 0 Å². The number of hydrogen-bond acceptors (Lipinski definition) is 6. The fourth-order valence-electron chi connectivity index (χ4n) is 5.77. The van der Waals surface area contributed by atoms with Crippen LogP contribution < -0.4 is 9.64 Å². The summed E-state index contributed by atoms with van der Waals surface area (Å²) >= 11 is 0. The highest BCUT2D eigenvalue weighted by atomic mass is 19.1. The molecular weight excluding hydrogens is 499 g/mol. The number of carbonyl (C=O) groups excluding carboxylic acids is 1. The number of aryl methyl sites for hydroxylation is 2. The highest BCUT2D eigenvalue weighted by Crippen LogP contribution is 2.33. The molecule has 8 nitrogen and oxygen atoms in total. The Morgan fingerprint density at radius 2 is 1.87 bits per heavy atom. The molecule has 5 rings (SSSR count). The van der Waals surface area contributed by atoms with Gasteiger partial charge >= 0.3 is 5.97 Å². The monoisotopic (exact) mass is 532 g/mol. The van der Waals surface area contributed by atoms with E-state index in [9.17, 15) is 19.1 Å². The number of amides is 1. The first kappa shape index (κ1) is 26.6. The minimum absolute atomic E-state index is 0.0418. The number of ether oxygens (including phenoxy) is 1. The number of likely N-dealkylation sites (tertiary alicyclic amines) is 1. The number of aromatic nitrogens is 2. The Labute approximate surface area is 227 Å². The Balaban J connectivity index is 1.34. The zero-order valence-corrected chi connectivity index (χ0v) is 22.1. The van der Waals surface area contributed by atoms with E-state index in [1.54, 1.807) is 19.2 Å². The summed E-state index contributed by atoms with van der Waals surface area (Å²) in [4.78, 5) is 38.6. The number of rotatable bonds is 8. The summed E-state index contributed by atoms with van der Waals surface area (Å²) < 4.78 is 18.7. The molecule has 9 heteroatoms. The topological polar surface area (TPSA) is 95.9 Å². The number of carbonyl (C=O) groups is 2. The van der Waals surface area contributed by atoms with E-state index in [2.05, 4.69) is 9.88 Å². The number of aromatic carboxylic acids is 1. The average Bonchev–Trinajstić information content (AvgIpc) is 3.26. The van der Waals surface area contributed by atoms with E-state index in [0.717, 1.165) is 30.4 Å². The summed E-state index contributed by atoms with van der Waals surface area (Å²) in [6, 6.07) is 13.8. The van der Waals surface area contributed by atoms with E-state index in [4.69, 9.17) is 9.72 Å². The van der Waals surface area contributed by atoms with Crippen LogP contribution in [-0.2, 0) is 24.1 Å². The van der Waals surface area contributed by atoms with Crippen molar-refractivity contribution in [3.8, 4) is 5.75 Å². The molecule has 0 radical (unpaired) electrons. The number of anilines is 1. The fraction of sp³-hybridized carbons (Fsp3) is 0.400. The Hall–Kier alpha value is -4.01. The molecule has 1 amide bonds. The van der Waals surface area contributed by atoms with Crippen LogP contribution in [0.3, 0.4) is 0 Å². The molecule has 0 aliphatic carbocycles. The zero-order chi connectivity index (χ0) is 27.4. The SMILES string of the molecule is COc1ccccc1CC(=O)N1CCCC[C@@H]2CN(c3ncc(C(=O)O)c(CCc4ccc(F)cc4)n3)C[C@H]21. The van der Waals surface area contributed by atoms with Gasteiger partial charge in [0, 0.05) is 31.4 Å². The van der Waals surface area contributed by atoms with Crippen molar-refractivity contribution in [2.75, 3.05) is 31.6 Å². The van der Waals surface area contributed by atoms with Gasteiger partial charge in [0.05, 0.1) is 30.8 Å². The molecule has 3 heterocycles. The van der Waals surface area contributed by atoms with Crippen molar-refractivity contribution < 1.29 is 23.8 Å². The van der Waals surface area contributed by atoms with Crippen molar-refractivity contribution in [2.24, 2.45) is 5.92 Å². The lowest BCUT2D eigenvalue weighted by Crippen LogP contribution is -2.45.